The van der Waals surface area contributed by atoms with E-state index < -0.39 is 0 Å². The molecule has 22 heavy (non-hydrogen) atoms. The van der Waals surface area contributed by atoms with Crippen LogP contribution in [0.5, 0.6) is 5.75 Å². The van der Waals surface area contributed by atoms with Crippen LogP contribution in [0.25, 0.3) is 0 Å². The molecule has 0 unspecified atom stereocenters. The largest absolute Gasteiger partial charge is 0.490 e. The van der Waals surface area contributed by atoms with Crippen LogP contribution in [-0.2, 0) is 6.54 Å². The lowest BCUT2D eigenvalue weighted by atomic mass is 10.1. The summed E-state index contributed by atoms with van der Waals surface area (Å²) in [4.78, 5) is 0. The molecule has 0 aromatic heterocycles. The first-order chi connectivity index (χ1) is 10.7. The van der Waals surface area contributed by atoms with Crippen molar-refractivity contribution in [3.8, 4) is 5.75 Å². The van der Waals surface area contributed by atoms with E-state index in [1.165, 1.54) is 48.1 Å². The van der Waals surface area contributed by atoms with Gasteiger partial charge in [-0.1, -0.05) is 24.3 Å². The minimum absolute atomic E-state index is 0.405. The summed E-state index contributed by atoms with van der Waals surface area (Å²) in [6, 6.07) is 15.0. The van der Waals surface area contributed by atoms with Crippen LogP contribution in [-0.4, -0.2) is 6.10 Å². The van der Waals surface area contributed by atoms with Crippen LogP contribution in [0.15, 0.2) is 42.5 Å². The number of ether oxygens (including phenoxy) is 1. The Morgan fingerprint density at radius 2 is 1.68 bits per heavy atom. The van der Waals surface area contributed by atoms with E-state index in [2.05, 4.69) is 61.6 Å². The first kappa shape index (κ1) is 15.0. The van der Waals surface area contributed by atoms with Gasteiger partial charge < -0.3 is 10.1 Å². The third-order valence-electron chi connectivity index (χ3n) is 4.27. The maximum Gasteiger partial charge on any atom is 0.124 e. The number of hydrogen-bond donors (Lipinski definition) is 1. The molecule has 0 radical (unpaired) electrons. The summed E-state index contributed by atoms with van der Waals surface area (Å²) in [5.41, 5.74) is 4.98. The third kappa shape index (κ3) is 3.82. The number of anilines is 1. The lowest BCUT2D eigenvalue weighted by Crippen LogP contribution is -2.13. The van der Waals surface area contributed by atoms with E-state index in [9.17, 15) is 0 Å². The van der Waals surface area contributed by atoms with E-state index in [1.54, 1.807) is 0 Å². The molecular weight excluding hydrogens is 270 g/mol. The number of para-hydroxylation sites is 1. The highest BCUT2D eigenvalue weighted by atomic mass is 16.5. The monoisotopic (exact) mass is 295 g/mol. The van der Waals surface area contributed by atoms with Gasteiger partial charge in [0, 0.05) is 17.8 Å². The van der Waals surface area contributed by atoms with Gasteiger partial charge in [-0.2, -0.15) is 0 Å². The van der Waals surface area contributed by atoms with Gasteiger partial charge in [-0.3, -0.25) is 0 Å². The van der Waals surface area contributed by atoms with Crippen molar-refractivity contribution in [1.82, 2.24) is 0 Å². The van der Waals surface area contributed by atoms with Crippen molar-refractivity contribution >= 4 is 5.69 Å². The average molecular weight is 295 g/mol. The Kier molecular flexibility index (Phi) is 4.67. The number of aryl methyl sites for hydroxylation is 2. The van der Waals surface area contributed by atoms with E-state index in [4.69, 9.17) is 4.74 Å². The Hall–Kier alpha value is -1.96. The van der Waals surface area contributed by atoms with Gasteiger partial charge in [0.15, 0.2) is 0 Å². The molecule has 2 aromatic carbocycles. The second-order valence-electron chi connectivity index (χ2n) is 6.36. The second-order valence-corrected chi connectivity index (χ2v) is 6.36. The lowest BCUT2D eigenvalue weighted by Gasteiger charge is -2.17. The molecule has 1 saturated carbocycles. The maximum atomic E-state index is 6.20. The van der Waals surface area contributed by atoms with Gasteiger partial charge in [-0.25, -0.2) is 0 Å². The molecule has 3 rings (SSSR count). The fraction of sp³-hybridized carbons (Fsp3) is 0.400. The van der Waals surface area contributed by atoms with Crippen molar-refractivity contribution < 1.29 is 4.74 Å². The summed E-state index contributed by atoms with van der Waals surface area (Å²) in [5, 5.41) is 3.53. The van der Waals surface area contributed by atoms with E-state index in [0.29, 0.717) is 6.10 Å². The van der Waals surface area contributed by atoms with Gasteiger partial charge in [-0.15, -0.1) is 0 Å². The Morgan fingerprint density at radius 3 is 2.41 bits per heavy atom. The van der Waals surface area contributed by atoms with Gasteiger partial charge >= 0.3 is 0 Å². The zero-order chi connectivity index (χ0) is 15.4. The highest BCUT2D eigenvalue weighted by Crippen LogP contribution is 2.27. The summed E-state index contributed by atoms with van der Waals surface area (Å²) in [5.74, 6) is 1.03. The quantitative estimate of drug-likeness (QED) is 0.814. The topological polar surface area (TPSA) is 21.3 Å². The maximum absolute atomic E-state index is 6.20. The van der Waals surface area contributed by atoms with Gasteiger partial charge in [0.1, 0.15) is 5.75 Å². The standard InChI is InChI=1S/C20H25NO/c1-15-11-16(2)13-18(12-15)21-14-17-7-3-6-10-20(17)22-19-8-4-5-9-19/h3,6-7,10-13,19,21H,4-5,8-9,14H2,1-2H3. The third-order valence-corrected chi connectivity index (χ3v) is 4.27. The van der Waals surface area contributed by atoms with E-state index in [0.717, 1.165) is 12.3 Å². The molecule has 0 saturated heterocycles. The second kappa shape index (κ2) is 6.87. The number of hydrogen-bond acceptors (Lipinski definition) is 2. The molecule has 0 amide bonds. The Bertz CT molecular complexity index is 609. The molecule has 0 bridgehead atoms. The molecule has 1 fully saturated rings. The fourth-order valence-corrected chi connectivity index (χ4v) is 3.22. The molecule has 2 nitrogen and oxygen atoms in total. The molecule has 1 N–H and O–H groups in total. The zero-order valence-corrected chi connectivity index (χ0v) is 13.6. The van der Waals surface area contributed by atoms with Gasteiger partial charge in [0.25, 0.3) is 0 Å². The van der Waals surface area contributed by atoms with Gasteiger partial charge in [0.2, 0.25) is 0 Å². The van der Waals surface area contributed by atoms with Crippen molar-refractivity contribution in [2.24, 2.45) is 0 Å². The smallest absolute Gasteiger partial charge is 0.124 e. The van der Waals surface area contributed by atoms with Crippen molar-refractivity contribution in [1.29, 1.82) is 0 Å². The lowest BCUT2D eigenvalue weighted by molar-refractivity contribution is 0.208. The summed E-state index contributed by atoms with van der Waals surface area (Å²) < 4.78 is 6.20. The molecule has 2 aromatic rings. The van der Waals surface area contributed by atoms with E-state index in [-0.39, 0.29) is 0 Å². The first-order valence-electron chi connectivity index (χ1n) is 8.27. The van der Waals surface area contributed by atoms with Crippen LogP contribution < -0.4 is 10.1 Å². The van der Waals surface area contributed by atoms with Crippen molar-refractivity contribution in [3.05, 3.63) is 59.2 Å². The zero-order valence-electron chi connectivity index (χ0n) is 13.6. The highest BCUT2D eigenvalue weighted by molar-refractivity contribution is 5.49. The summed E-state index contributed by atoms with van der Waals surface area (Å²) in [6.07, 6.45) is 5.39. The molecule has 116 valence electrons. The summed E-state index contributed by atoms with van der Waals surface area (Å²) in [6.45, 7) is 5.07. The SMILES string of the molecule is Cc1cc(C)cc(NCc2ccccc2OC2CCCC2)c1. The fourth-order valence-electron chi connectivity index (χ4n) is 3.22. The van der Waals surface area contributed by atoms with E-state index in [1.807, 2.05) is 0 Å². The Morgan fingerprint density at radius 1 is 1.00 bits per heavy atom. The first-order valence-corrected chi connectivity index (χ1v) is 8.27. The summed E-state index contributed by atoms with van der Waals surface area (Å²) >= 11 is 0. The predicted octanol–water partition coefficient (Wildman–Crippen LogP) is 5.24. The van der Waals surface area contributed by atoms with E-state index >= 15 is 0 Å². The average Bonchev–Trinajstić information content (AvgIpc) is 2.98. The number of rotatable bonds is 5. The summed E-state index contributed by atoms with van der Waals surface area (Å²) in [7, 11) is 0. The minimum atomic E-state index is 0.405. The van der Waals surface area contributed by atoms with Crippen molar-refractivity contribution in [3.63, 3.8) is 0 Å². The van der Waals surface area contributed by atoms with Crippen LogP contribution in [0, 0.1) is 13.8 Å². The molecule has 0 atom stereocenters. The predicted molar refractivity (Wildman–Crippen MR) is 92.6 cm³/mol. The number of benzene rings is 2. The molecule has 0 aliphatic heterocycles. The molecule has 1 aliphatic carbocycles. The molecule has 2 heteroatoms. The minimum Gasteiger partial charge on any atom is -0.490 e. The van der Waals surface area contributed by atoms with Crippen LogP contribution in [0.4, 0.5) is 5.69 Å². The molecular formula is C20H25NO. The van der Waals surface area contributed by atoms with Crippen molar-refractivity contribution in [2.75, 3.05) is 5.32 Å². The van der Waals surface area contributed by atoms with Crippen molar-refractivity contribution in [2.45, 2.75) is 52.2 Å². The molecule has 0 spiro atoms. The van der Waals surface area contributed by atoms with Crippen LogP contribution in [0.1, 0.15) is 42.4 Å². The Labute approximate surface area is 133 Å². The van der Waals surface area contributed by atoms with Gasteiger partial charge in [-0.05, 0) is 68.9 Å². The highest BCUT2D eigenvalue weighted by Gasteiger charge is 2.17. The van der Waals surface area contributed by atoms with Gasteiger partial charge in [0.05, 0.1) is 6.10 Å². The van der Waals surface area contributed by atoms with Crippen LogP contribution in [0.3, 0.4) is 0 Å². The number of nitrogens with one attached hydrogen (secondary N) is 1. The molecule has 1 aliphatic rings. The van der Waals surface area contributed by atoms with Crippen LogP contribution in [0.2, 0.25) is 0 Å². The molecule has 0 heterocycles. The Balaban J connectivity index is 1.69. The van der Waals surface area contributed by atoms with Crippen LogP contribution >= 0.6 is 0 Å². The normalized spacial score (nSPS) is 15.0.